The van der Waals surface area contributed by atoms with Crippen LogP contribution in [0.3, 0.4) is 0 Å². The average molecular weight is 320 g/mol. The van der Waals surface area contributed by atoms with E-state index in [1.807, 2.05) is 0 Å². The first kappa shape index (κ1) is 16.4. The Morgan fingerprint density at radius 3 is 1.17 bits per heavy atom. The number of fused-ring (bicyclic) bond motifs is 7. The zero-order chi connectivity index (χ0) is 15.5. The van der Waals surface area contributed by atoms with Crippen LogP contribution in [0.1, 0.15) is 51.4 Å². The zero-order valence-corrected chi connectivity index (χ0v) is 14.9. The van der Waals surface area contributed by atoms with Crippen molar-refractivity contribution in [3.8, 4) is 0 Å². The van der Waals surface area contributed by atoms with Crippen molar-refractivity contribution in [3.63, 3.8) is 0 Å². The third kappa shape index (κ3) is 4.49. The van der Waals surface area contributed by atoms with E-state index in [0.717, 1.165) is 29.6 Å². The highest BCUT2D eigenvalue weighted by Gasteiger charge is 2.32. The Morgan fingerprint density at radius 1 is 0.478 bits per heavy atom. The van der Waals surface area contributed by atoms with Gasteiger partial charge in [0.15, 0.2) is 0 Å². The quantitative estimate of drug-likeness (QED) is 0.719. The van der Waals surface area contributed by atoms with Gasteiger partial charge in [-0.15, -0.1) is 0 Å². The number of nitrogens with one attached hydrogen (secondary N) is 2. The predicted molar refractivity (Wildman–Crippen MR) is 96.6 cm³/mol. The van der Waals surface area contributed by atoms with Crippen LogP contribution in [-0.2, 0) is 0 Å². The molecule has 0 spiro atoms. The topological polar surface area (TPSA) is 27.3 Å². The summed E-state index contributed by atoms with van der Waals surface area (Å²) in [6.45, 7) is 9.39. The molecule has 3 heteroatoms. The normalized spacial score (nSPS) is 45.9. The molecule has 0 amide bonds. The summed E-state index contributed by atoms with van der Waals surface area (Å²) in [7, 11) is 0. The van der Waals surface area contributed by atoms with Gasteiger partial charge in [-0.2, -0.15) is 0 Å². The van der Waals surface area contributed by atoms with Crippen LogP contribution in [0.25, 0.3) is 0 Å². The monoisotopic (exact) mass is 319 g/mol. The van der Waals surface area contributed by atoms with Crippen LogP contribution in [0.2, 0.25) is 0 Å². The van der Waals surface area contributed by atoms with E-state index >= 15 is 0 Å². The lowest BCUT2D eigenvalue weighted by atomic mass is 9.72. The molecule has 2 aliphatic carbocycles. The number of hydrogen-bond acceptors (Lipinski definition) is 3. The molecule has 0 aromatic heterocycles. The molecule has 8 aliphatic rings. The number of nitrogens with zero attached hydrogens (tertiary/aromatic N) is 1. The summed E-state index contributed by atoms with van der Waals surface area (Å²) >= 11 is 0. The summed E-state index contributed by atoms with van der Waals surface area (Å²) in [6, 6.07) is 0. The van der Waals surface area contributed by atoms with Gasteiger partial charge in [0, 0.05) is 0 Å². The molecule has 132 valence electrons. The fourth-order valence-corrected chi connectivity index (χ4v) is 5.60. The number of rotatable bonds is 0. The van der Waals surface area contributed by atoms with Crippen molar-refractivity contribution in [3.05, 3.63) is 0 Å². The van der Waals surface area contributed by atoms with Gasteiger partial charge in [0.2, 0.25) is 0 Å². The summed E-state index contributed by atoms with van der Waals surface area (Å²) in [5, 5.41) is 6.83. The minimum absolute atomic E-state index is 1.05. The summed E-state index contributed by atoms with van der Waals surface area (Å²) in [6.07, 6.45) is 12.0. The van der Waals surface area contributed by atoms with Crippen LogP contribution in [0.4, 0.5) is 0 Å². The van der Waals surface area contributed by atoms with Crippen molar-refractivity contribution in [2.24, 2.45) is 29.6 Å². The molecule has 6 aliphatic heterocycles. The Balaban J connectivity index is 0.0000000884. The maximum atomic E-state index is 3.45. The lowest BCUT2D eigenvalue weighted by Crippen LogP contribution is -2.45. The van der Waals surface area contributed by atoms with E-state index in [4.69, 9.17) is 0 Å². The van der Waals surface area contributed by atoms with E-state index in [1.165, 1.54) is 97.2 Å². The fourth-order valence-electron chi connectivity index (χ4n) is 5.60. The van der Waals surface area contributed by atoms with Crippen molar-refractivity contribution >= 4 is 0 Å². The highest BCUT2D eigenvalue weighted by Crippen LogP contribution is 2.35. The van der Waals surface area contributed by atoms with Crippen molar-refractivity contribution in [2.75, 3.05) is 45.8 Å². The molecule has 6 heterocycles. The minimum Gasteiger partial charge on any atom is -0.316 e. The molecule has 0 aromatic rings. The Hall–Kier alpha value is -0.120. The van der Waals surface area contributed by atoms with Crippen LogP contribution >= 0.6 is 0 Å². The van der Waals surface area contributed by atoms with Gasteiger partial charge in [0.05, 0.1) is 0 Å². The van der Waals surface area contributed by atoms with Crippen molar-refractivity contribution in [2.45, 2.75) is 51.4 Å². The van der Waals surface area contributed by atoms with Gasteiger partial charge < -0.3 is 15.5 Å². The van der Waals surface area contributed by atoms with Gasteiger partial charge in [0.1, 0.15) is 0 Å². The van der Waals surface area contributed by atoms with Gasteiger partial charge in [-0.05, 0) is 127 Å². The first-order chi connectivity index (χ1) is 11.3. The third-order valence-electron chi connectivity index (χ3n) is 7.28. The first-order valence-electron chi connectivity index (χ1n) is 10.5. The molecule has 3 nitrogen and oxygen atoms in total. The summed E-state index contributed by atoms with van der Waals surface area (Å²) in [4.78, 5) is 2.58. The molecule has 2 atom stereocenters. The molecular weight excluding hydrogens is 282 g/mol. The second-order valence-electron chi connectivity index (χ2n) is 9.14. The molecule has 6 bridgehead atoms. The molecule has 0 aromatic carbocycles. The molecule has 2 unspecified atom stereocenters. The minimum atomic E-state index is 1.05. The van der Waals surface area contributed by atoms with Crippen LogP contribution in [0, 0.1) is 29.6 Å². The third-order valence-corrected chi connectivity index (χ3v) is 7.28. The van der Waals surface area contributed by atoms with Crippen LogP contribution in [-0.4, -0.2) is 50.7 Å². The van der Waals surface area contributed by atoms with Crippen LogP contribution in [0.15, 0.2) is 0 Å². The Morgan fingerprint density at radius 2 is 0.913 bits per heavy atom. The molecule has 0 radical (unpaired) electrons. The number of hydrogen-bond donors (Lipinski definition) is 2. The Labute approximate surface area is 143 Å². The average Bonchev–Trinajstić information content (AvgIpc) is 2.96. The van der Waals surface area contributed by atoms with Gasteiger partial charge in [-0.25, -0.2) is 0 Å². The van der Waals surface area contributed by atoms with Gasteiger partial charge in [-0.1, -0.05) is 0 Å². The second-order valence-corrected chi connectivity index (χ2v) is 9.14. The molecule has 8 fully saturated rings. The molecule has 8 rings (SSSR count). The molecular formula is C20H37N3. The lowest BCUT2D eigenvalue weighted by Gasteiger charge is -2.41. The van der Waals surface area contributed by atoms with Crippen molar-refractivity contribution < 1.29 is 0 Å². The summed E-state index contributed by atoms with van der Waals surface area (Å²) < 4.78 is 0. The van der Waals surface area contributed by atoms with Gasteiger partial charge >= 0.3 is 0 Å². The van der Waals surface area contributed by atoms with Gasteiger partial charge in [0.25, 0.3) is 0 Å². The Bertz CT molecular complexity index is 294. The lowest BCUT2D eigenvalue weighted by molar-refractivity contribution is 0.111. The Kier molecular flexibility index (Phi) is 5.58. The summed E-state index contributed by atoms with van der Waals surface area (Å²) in [5.74, 6) is 5.35. The largest absolute Gasteiger partial charge is 0.316 e. The van der Waals surface area contributed by atoms with E-state index in [-0.39, 0.29) is 0 Å². The molecule has 23 heavy (non-hydrogen) atoms. The van der Waals surface area contributed by atoms with Crippen LogP contribution < -0.4 is 10.6 Å². The van der Waals surface area contributed by atoms with E-state index < -0.39 is 0 Å². The summed E-state index contributed by atoms with van der Waals surface area (Å²) in [5.41, 5.74) is 0. The van der Waals surface area contributed by atoms with E-state index in [2.05, 4.69) is 15.5 Å². The predicted octanol–water partition coefficient (Wildman–Crippen LogP) is 2.72. The van der Waals surface area contributed by atoms with Crippen molar-refractivity contribution in [1.29, 1.82) is 0 Å². The van der Waals surface area contributed by atoms with Crippen LogP contribution in [0.5, 0.6) is 0 Å². The fraction of sp³-hybridized carbons (Fsp3) is 1.00. The molecule has 2 N–H and O–H groups in total. The standard InChI is InChI=1S/2C7H13N.C6H11N/c1-4-8-5-2-7(1)3-6-8;1-2-7-3-6(1)4-8-5-7;1-5-2-6(1)4-7-3-5/h7H,1-6H2;6-8H,1-5H2;5-7H,1-4H2. The highest BCUT2D eigenvalue weighted by atomic mass is 15.1. The smallest absolute Gasteiger partial charge is 0.00161 e. The maximum Gasteiger partial charge on any atom is -0.00161 e. The molecule has 6 saturated heterocycles. The second kappa shape index (κ2) is 7.84. The first-order valence-corrected chi connectivity index (χ1v) is 10.5. The molecule has 2 saturated carbocycles. The van der Waals surface area contributed by atoms with E-state index in [1.54, 1.807) is 0 Å². The highest BCUT2D eigenvalue weighted by molar-refractivity contribution is 4.87. The van der Waals surface area contributed by atoms with Crippen molar-refractivity contribution in [1.82, 2.24) is 15.5 Å². The van der Waals surface area contributed by atoms with E-state index in [9.17, 15) is 0 Å². The van der Waals surface area contributed by atoms with Gasteiger partial charge in [-0.3, -0.25) is 0 Å². The van der Waals surface area contributed by atoms with E-state index in [0.29, 0.717) is 0 Å². The number of piperidine rings is 6. The SMILES string of the molecule is C1CC2CNCC1C2.C1CN2CCC1CC2.C1NCC2CC1C2. The maximum absolute atomic E-state index is 3.45. The zero-order valence-electron chi connectivity index (χ0n) is 14.9.